The molecular formula is C13H15NO2S. The van der Waals surface area contributed by atoms with Crippen molar-refractivity contribution in [2.45, 2.75) is 18.0 Å². The number of furan rings is 1. The van der Waals surface area contributed by atoms with Crippen molar-refractivity contribution in [3.8, 4) is 5.75 Å². The maximum Gasteiger partial charge on any atom is 0.146 e. The highest BCUT2D eigenvalue weighted by atomic mass is 32.2. The predicted molar refractivity (Wildman–Crippen MR) is 69.2 cm³/mol. The largest absolute Gasteiger partial charge is 0.486 e. The summed E-state index contributed by atoms with van der Waals surface area (Å²) >= 11 is 1.71. The molecule has 0 radical (unpaired) electrons. The molecule has 0 fully saturated rings. The van der Waals surface area contributed by atoms with Gasteiger partial charge in [0.05, 0.1) is 6.26 Å². The van der Waals surface area contributed by atoms with E-state index in [9.17, 15) is 0 Å². The predicted octanol–water partition coefficient (Wildman–Crippen LogP) is 3.04. The highest BCUT2D eigenvalue weighted by Gasteiger charge is 2.01. The monoisotopic (exact) mass is 249 g/mol. The van der Waals surface area contributed by atoms with Gasteiger partial charge in [0.25, 0.3) is 0 Å². The Morgan fingerprint density at radius 2 is 2.06 bits per heavy atom. The third-order valence-corrected chi connectivity index (χ3v) is 3.13. The molecule has 17 heavy (non-hydrogen) atoms. The smallest absolute Gasteiger partial charge is 0.146 e. The zero-order chi connectivity index (χ0) is 12.1. The van der Waals surface area contributed by atoms with Crippen LogP contribution in [0.4, 0.5) is 0 Å². The minimum absolute atomic E-state index is 0.429. The normalized spacial score (nSPS) is 10.5. The molecule has 4 heteroatoms. The van der Waals surface area contributed by atoms with E-state index in [0.29, 0.717) is 13.2 Å². The Hall–Kier alpha value is -1.39. The molecule has 2 rings (SSSR count). The lowest BCUT2D eigenvalue weighted by Crippen LogP contribution is -1.95. The van der Waals surface area contributed by atoms with Crippen LogP contribution in [0.3, 0.4) is 0 Å². The van der Waals surface area contributed by atoms with Crippen LogP contribution >= 0.6 is 11.8 Å². The minimum atomic E-state index is 0.429. The maximum atomic E-state index is 5.61. The van der Waals surface area contributed by atoms with Gasteiger partial charge in [-0.2, -0.15) is 0 Å². The Kier molecular flexibility index (Phi) is 4.12. The molecule has 0 aliphatic heterocycles. The molecule has 3 nitrogen and oxygen atoms in total. The average molecular weight is 249 g/mol. The van der Waals surface area contributed by atoms with E-state index >= 15 is 0 Å². The van der Waals surface area contributed by atoms with Crippen molar-refractivity contribution >= 4 is 11.8 Å². The summed E-state index contributed by atoms with van der Waals surface area (Å²) in [5.41, 5.74) is 6.49. The molecule has 0 saturated carbocycles. The van der Waals surface area contributed by atoms with Gasteiger partial charge in [-0.3, -0.25) is 0 Å². The van der Waals surface area contributed by atoms with Crippen LogP contribution < -0.4 is 10.5 Å². The summed E-state index contributed by atoms with van der Waals surface area (Å²) in [6.45, 7) is 0.921. The molecule has 1 heterocycles. The van der Waals surface area contributed by atoms with E-state index in [1.165, 1.54) is 4.90 Å². The number of hydrogen-bond donors (Lipinski definition) is 1. The van der Waals surface area contributed by atoms with Gasteiger partial charge in [0.2, 0.25) is 0 Å². The fraction of sp³-hybridized carbons (Fsp3) is 0.231. The van der Waals surface area contributed by atoms with E-state index in [2.05, 4.69) is 0 Å². The molecule has 0 amide bonds. The van der Waals surface area contributed by atoms with Crippen molar-refractivity contribution < 1.29 is 9.15 Å². The molecule has 0 unspecified atom stereocenters. The standard InChI is InChI=1S/C13H15NO2S/c1-17-13-4-2-11(3-5-13)16-9-12-6-10(7-14)8-15-12/h2-6,8H,7,9,14H2,1H3. The summed E-state index contributed by atoms with van der Waals surface area (Å²) in [6.07, 6.45) is 3.71. The van der Waals surface area contributed by atoms with Gasteiger partial charge < -0.3 is 14.9 Å². The van der Waals surface area contributed by atoms with Gasteiger partial charge in [-0.15, -0.1) is 11.8 Å². The average Bonchev–Trinajstić information content (AvgIpc) is 2.85. The van der Waals surface area contributed by atoms with Gasteiger partial charge >= 0.3 is 0 Å². The highest BCUT2D eigenvalue weighted by molar-refractivity contribution is 7.98. The number of nitrogens with two attached hydrogens (primary N) is 1. The summed E-state index contributed by atoms with van der Waals surface area (Å²) in [4.78, 5) is 1.22. The number of benzene rings is 1. The van der Waals surface area contributed by atoms with E-state index in [4.69, 9.17) is 14.9 Å². The molecule has 0 aliphatic carbocycles. The summed E-state index contributed by atoms with van der Waals surface area (Å²) in [5.74, 6) is 1.63. The Morgan fingerprint density at radius 3 is 2.65 bits per heavy atom. The van der Waals surface area contributed by atoms with Gasteiger partial charge in [-0.05, 0) is 36.6 Å². The minimum Gasteiger partial charge on any atom is -0.486 e. The SMILES string of the molecule is CSc1ccc(OCc2cc(CN)co2)cc1. The first-order valence-electron chi connectivity index (χ1n) is 5.35. The first kappa shape index (κ1) is 12.1. The van der Waals surface area contributed by atoms with E-state index in [1.807, 2.05) is 36.6 Å². The van der Waals surface area contributed by atoms with E-state index in [-0.39, 0.29) is 0 Å². The maximum absolute atomic E-state index is 5.61. The van der Waals surface area contributed by atoms with Crippen LogP contribution in [0.5, 0.6) is 5.75 Å². The van der Waals surface area contributed by atoms with Gasteiger partial charge in [0.1, 0.15) is 18.1 Å². The van der Waals surface area contributed by atoms with Crippen LogP contribution in [0, 0.1) is 0 Å². The zero-order valence-corrected chi connectivity index (χ0v) is 10.5. The zero-order valence-electron chi connectivity index (χ0n) is 9.68. The van der Waals surface area contributed by atoms with Gasteiger partial charge in [0, 0.05) is 17.0 Å². The summed E-state index contributed by atoms with van der Waals surface area (Å²) in [6, 6.07) is 9.90. The summed E-state index contributed by atoms with van der Waals surface area (Å²) in [5, 5.41) is 0. The Labute approximate surface area is 105 Å². The van der Waals surface area contributed by atoms with Crippen LogP contribution in [0.15, 0.2) is 45.9 Å². The van der Waals surface area contributed by atoms with Crippen LogP contribution in [-0.4, -0.2) is 6.26 Å². The number of hydrogen-bond acceptors (Lipinski definition) is 4. The fourth-order valence-corrected chi connectivity index (χ4v) is 1.84. The molecular weight excluding hydrogens is 234 g/mol. The lowest BCUT2D eigenvalue weighted by molar-refractivity contribution is 0.270. The van der Waals surface area contributed by atoms with Crippen molar-refractivity contribution in [3.63, 3.8) is 0 Å². The van der Waals surface area contributed by atoms with Crippen molar-refractivity contribution in [1.29, 1.82) is 0 Å². The molecule has 0 bridgehead atoms. The molecule has 2 N–H and O–H groups in total. The molecule has 0 spiro atoms. The summed E-state index contributed by atoms with van der Waals surface area (Å²) < 4.78 is 10.9. The number of thioether (sulfide) groups is 1. The Morgan fingerprint density at radius 1 is 1.29 bits per heavy atom. The third kappa shape index (κ3) is 3.28. The first-order chi connectivity index (χ1) is 8.31. The van der Waals surface area contributed by atoms with E-state index in [1.54, 1.807) is 18.0 Å². The van der Waals surface area contributed by atoms with Gasteiger partial charge in [-0.25, -0.2) is 0 Å². The van der Waals surface area contributed by atoms with Crippen molar-refractivity contribution in [1.82, 2.24) is 0 Å². The second-order valence-electron chi connectivity index (χ2n) is 3.59. The second kappa shape index (κ2) is 5.80. The van der Waals surface area contributed by atoms with Crippen LogP contribution in [-0.2, 0) is 13.2 Å². The van der Waals surface area contributed by atoms with E-state index in [0.717, 1.165) is 17.1 Å². The van der Waals surface area contributed by atoms with Crippen LogP contribution in [0.25, 0.3) is 0 Å². The van der Waals surface area contributed by atoms with Crippen LogP contribution in [0.2, 0.25) is 0 Å². The molecule has 1 aromatic carbocycles. The topological polar surface area (TPSA) is 48.4 Å². The second-order valence-corrected chi connectivity index (χ2v) is 4.47. The van der Waals surface area contributed by atoms with Gasteiger partial charge in [0.15, 0.2) is 0 Å². The molecule has 1 aromatic heterocycles. The van der Waals surface area contributed by atoms with Gasteiger partial charge in [-0.1, -0.05) is 0 Å². The number of ether oxygens (including phenoxy) is 1. The van der Waals surface area contributed by atoms with Crippen molar-refractivity contribution in [3.05, 3.63) is 47.9 Å². The molecule has 0 aliphatic rings. The van der Waals surface area contributed by atoms with Crippen molar-refractivity contribution in [2.24, 2.45) is 5.73 Å². The molecule has 0 saturated heterocycles. The third-order valence-electron chi connectivity index (χ3n) is 2.38. The Bertz CT molecular complexity index is 465. The quantitative estimate of drug-likeness (QED) is 0.827. The summed E-state index contributed by atoms with van der Waals surface area (Å²) in [7, 11) is 0. The molecule has 90 valence electrons. The first-order valence-corrected chi connectivity index (χ1v) is 6.57. The lowest BCUT2D eigenvalue weighted by Gasteiger charge is -2.04. The highest BCUT2D eigenvalue weighted by Crippen LogP contribution is 2.20. The Balaban J connectivity index is 1.92. The van der Waals surface area contributed by atoms with Crippen molar-refractivity contribution in [2.75, 3.05) is 6.26 Å². The lowest BCUT2D eigenvalue weighted by atomic mass is 10.3. The number of rotatable bonds is 5. The fourth-order valence-electron chi connectivity index (χ4n) is 1.44. The molecule has 2 aromatic rings. The van der Waals surface area contributed by atoms with Crippen LogP contribution in [0.1, 0.15) is 11.3 Å². The molecule has 0 atom stereocenters. The van der Waals surface area contributed by atoms with E-state index < -0.39 is 0 Å².